The van der Waals surface area contributed by atoms with Gasteiger partial charge in [-0.2, -0.15) is 0 Å². The Hall–Kier alpha value is -1.16. The van der Waals surface area contributed by atoms with Crippen LogP contribution in [0.25, 0.3) is 0 Å². The largest absolute Gasteiger partial charge is 0.358 e. The molecule has 0 bridgehead atoms. The lowest BCUT2D eigenvalue weighted by Gasteiger charge is -2.17. The van der Waals surface area contributed by atoms with Crippen LogP contribution in [0, 0.1) is 11.8 Å². The van der Waals surface area contributed by atoms with Crippen molar-refractivity contribution in [1.29, 1.82) is 0 Å². The van der Waals surface area contributed by atoms with E-state index in [0.717, 1.165) is 42.5 Å². The average molecular weight is 246 g/mol. The first-order valence-corrected chi connectivity index (χ1v) is 6.98. The van der Waals surface area contributed by atoms with Crippen molar-refractivity contribution in [3.8, 4) is 0 Å². The van der Waals surface area contributed by atoms with Crippen molar-refractivity contribution in [3.05, 3.63) is 18.1 Å². The lowest BCUT2D eigenvalue weighted by molar-refractivity contribution is 0.669. The highest BCUT2D eigenvalue weighted by molar-refractivity contribution is 5.34. The van der Waals surface area contributed by atoms with Gasteiger partial charge in [0.2, 0.25) is 0 Å². The summed E-state index contributed by atoms with van der Waals surface area (Å²) in [6.07, 6.45) is 7.79. The Labute approximate surface area is 109 Å². The molecule has 18 heavy (non-hydrogen) atoms. The summed E-state index contributed by atoms with van der Waals surface area (Å²) in [7, 11) is 2.11. The van der Waals surface area contributed by atoms with Gasteiger partial charge in [-0.15, -0.1) is 0 Å². The van der Waals surface area contributed by atoms with Crippen LogP contribution in [0.3, 0.4) is 0 Å². The molecule has 1 N–H and O–H groups in total. The molecule has 1 heterocycles. The Balaban J connectivity index is 1.52. The molecule has 0 spiro atoms. The molecule has 1 aromatic rings. The van der Waals surface area contributed by atoms with Crippen LogP contribution in [-0.2, 0) is 6.54 Å². The molecule has 4 nitrogen and oxygen atoms in total. The van der Waals surface area contributed by atoms with Gasteiger partial charge in [-0.3, -0.25) is 4.98 Å². The van der Waals surface area contributed by atoms with Gasteiger partial charge < -0.3 is 10.2 Å². The summed E-state index contributed by atoms with van der Waals surface area (Å²) in [5.74, 6) is 2.74. The zero-order valence-electron chi connectivity index (χ0n) is 11.3. The molecule has 2 atom stereocenters. The van der Waals surface area contributed by atoms with E-state index in [1.54, 1.807) is 0 Å². The van der Waals surface area contributed by atoms with E-state index in [4.69, 9.17) is 0 Å². The van der Waals surface area contributed by atoms with E-state index in [-0.39, 0.29) is 0 Å². The molecular weight excluding hydrogens is 224 g/mol. The van der Waals surface area contributed by atoms with Gasteiger partial charge in [0, 0.05) is 26.2 Å². The summed E-state index contributed by atoms with van der Waals surface area (Å²) in [6.45, 7) is 4.27. The fourth-order valence-electron chi connectivity index (χ4n) is 2.27. The third-order valence-corrected chi connectivity index (χ3v) is 4.02. The predicted octanol–water partition coefficient (Wildman–Crippen LogP) is 1.82. The van der Waals surface area contributed by atoms with Crippen LogP contribution < -0.4 is 10.2 Å². The summed E-state index contributed by atoms with van der Waals surface area (Å²) in [5, 5.41) is 3.45. The van der Waals surface area contributed by atoms with Crippen LogP contribution in [0.15, 0.2) is 12.4 Å². The van der Waals surface area contributed by atoms with Crippen LogP contribution in [0.1, 0.15) is 31.9 Å². The number of nitrogens with zero attached hydrogens (tertiary/aromatic N) is 3. The second-order valence-electron chi connectivity index (χ2n) is 5.87. The topological polar surface area (TPSA) is 41.1 Å². The van der Waals surface area contributed by atoms with E-state index in [2.05, 4.69) is 34.2 Å². The molecule has 2 saturated carbocycles. The molecule has 4 heteroatoms. The molecule has 1 aromatic heterocycles. The molecular formula is C14H22N4. The van der Waals surface area contributed by atoms with Gasteiger partial charge >= 0.3 is 0 Å². The third kappa shape index (κ3) is 2.99. The van der Waals surface area contributed by atoms with E-state index in [0.29, 0.717) is 0 Å². The highest BCUT2D eigenvalue weighted by atomic mass is 15.2. The highest BCUT2D eigenvalue weighted by Crippen LogP contribution is 2.38. The van der Waals surface area contributed by atoms with Crippen LogP contribution in [0.2, 0.25) is 0 Å². The lowest BCUT2D eigenvalue weighted by atomic mass is 10.3. The van der Waals surface area contributed by atoms with E-state index in [1.807, 2.05) is 12.4 Å². The summed E-state index contributed by atoms with van der Waals surface area (Å²) >= 11 is 0. The van der Waals surface area contributed by atoms with Crippen molar-refractivity contribution < 1.29 is 0 Å². The second kappa shape index (κ2) is 4.84. The minimum Gasteiger partial charge on any atom is -0.358 e. The van der Waals surface area contributed by atoms with E-state index >= 15 is 0 Å². The van der Waals surface area contributed by atoms with Gasteiger partial charge in [-0.25, -0.2) is 4.98 Å². The number of anilines is 1. The molecule has 0 aliphatic heterocycles. The minimum absolute atomic E-state index is 0.727. The smallest absolute Gasteiger partial charge is 0.146 e. The molecule has 3 rings (SSSR count). The number of aromatic nitrogens is 2. The predicted molar refractivity (Wildman–Crippen MR) is 72.4 cm³/mol. The van der Waals surface area contributed by atoms with Crippen LogP contribution in [0.4, 0.5) is 5.82 Å². The lowest BCUT2D eigenvalue weighted by Crippen LogP contribution is -2.22. The van der Waals surface area contributed by atoms with Crippen LogP contribution >= 0.6 is 0 Å². The Kier molecular flexibility index (Phi) is 3.20. The number of hydrogen-bond acceptors (Lipinski definition) is 4. The summed E-state index contributed by atoms with van der Waals surface area (Å²) in [4.78, 5) is 11.2. The maximum atomic E-state index is 4.51. The maximum absolute atomic E-state index is 4.51. The number of rotatable bonds is 6. The molecule has 0 saturated heterocycles. The Bertz CT molecular complexity index is 399. The maximum Gasteiger partial charge on any atom is 0.146 e. The highest BCUT2D eigenvalue weighted by Gasteiger charge is 2.33. The molecule has 2 unspecified atom stereocenters. The molecule has 2 aliphatic rings. The summed E-state index contributed by atoms with van der Waals surface area (Å²) < 4.78 is 0. The molecule has 98 valence electrons. The zero-order chi connectivity index (χ0) is 12.5. The molecule has 2 aliphatic carbocycles. The Morgan fingerprint density at radius 2 is 2.11 bits per heavy atom. The monoisotopic (exact) mass is 246 g/mol. The second-order valence-corrected chi connectivity index (χ2v) is 5.87. The van der Waals surface area contributed by atoms with E-state index in [9.17, 15) is 0 Å². The van der Waals surface area contributed by atoms with Crippen molar-refractivity contribution in [1.82, 2.24) is 15.3 Å². The first-order chi connectivity index (χ1) is 8.72. The fourth-order valence-corrected chi connectivity index (χ4v) is 2.27. The Morgan fingerprint density at radius 3 is 2.67 bits per heavy atom. The van der Waals surface area contributed by atoms with Crippen molar-refractivity contribution in [2.75, 3.05) is 18.5 Å². The fraction of sp³-hybridized carbons (Fsp3) is 0.714. The van der Waals surface area contributed by atoms with Crippen molar-refractivity contribution in [3.63, 3.8) is 0 Å². The summed E-state index contributed by atoms with van der Waals surface area (Å²) in [5.41, 5.74) is 1.04. The van der Waals surface area contributed by atoms with Gasteiger partial charge in [-0.05, 0) is 31.1 Å². The van der Waals surface area contributed by atoms with Gasteiger partial charge in [0.25, 0.3) is 0 Å². The SMILES string of the molecule is CC1CC1CN(C)c1cnc(CNC2CC2)cn1. The first kappa shape index (κ1) is 11.9. The molecule has 0 radical (unpaired) electrons. The Morgan fingerprint density at radius 1 is 1.33 bits per heavy atom. The molecule has 2 fully saturated rings. The average Bonchev–Trinajstić information content (AvgIpc) is 3.27. The third-order valence-electron chi connectivity index (χ3n) is 4.02. The summed E-state index contributed by atoms with van der Waals surface area (Å²) in [6, 6.07) is 0.727. The molecule has 0 amide bonds. The van der Waals surface area contributed by atoms with Crippen LogP contribution in [0.5, 0.6) is 0 Å². The standard InChI is InChI=1S/C14H22N4/c1-10-5-11(10)9-18(2)14-8-16-13(7-17-14)6-15-12-3-4-12/h7-8,10-12,15H,3-6,9H2,1-2H3. The first-order valence-electron chi connectivity index (χ1n) is 6.98. The van der Waals surface area contributed by atoms with Gasteiger partial charge in [0.1, 0.15) is 5.82 Å². The normalized spacial score (nSPS) is 26.1. The van der Waals surface area contributed by atoms with E-state index in [1.165, 1.54) is 19.3 Å². The van der Waals surface area contributed by atoms with Crippen molar-refractivity contribution in [2.24, 2.45) is 11.8 Å². The zero-order valence-corrected chi connectivity index (χ0v) is 11.3. The number of hydrogen-bond donors (Lipinski definition) is 1. The van der Waals surface area contributed by atoms with Gasteiger partial charge in [0.15, 0.2) is 0 Å². The van der Waals surface area contributed by atoms with Gasteiger partial charge in [0.05, 0.1) is 18.1 Å². The molecule has 0 aromatic carbocycles. The van der Waals surface area contributed by atoms with Crippen molar-refractivity contribution >= 4 is 5.82 Å². The van der Waals surface area contributed by atoms with E-state index < -0.39 is 0 Å². The van der Waals surface area contributed by atoms with Crippen molar-refractivity contribution in [2.45, 2.75) is 38.8 Å². The number of nitrogens with one attached hydrogen (secondary N) is 1. The quantitative estimate of drug-likeness (QED) is 0.831. The minimum atomic E-state index is 0.727. The van der Waals surface area contributed by atoms with Gasteiger partial charge in [-0.1, -0.05) is 6.92 Å². The van der Waals surface area contributed by atoms with Crippen LogP contribution in [-0.4, -0.2) is 29.6 Å².